The van der Waals surface area contributed by atoms with Crippen LogP contribution in [-0.2, 0) is 13.6 Å². The summed E-state index contributed by atoms with van der Waals surface area (Å²) in [5.41, 5.74) is 2.46. The molecule has 8 nitrogen and oxygen atoms in total. The number of urea groups is 1. The molecule has 24 heavy (non-hydrogen) atoms. The van der Waals surface area contributed by atoms with Gasteiger partial charge in [0.05, 0.1) is 17.7 Å². The summed E-state index contributed by atoms with van der Waals surface area (Å²) in [5, 5.41) is 7.67. The first-order chi connectivity index (χ1) is 11.6. The zero-order chi connectivity index (χ0) is 16.9. The Kier molecular flexibility index (Phi) is 5.09. The van der Waals surface area contributed by atoms with Crippen LogP contribution < -0.4 is 21.1 Å². The highest BCUT2D eigenvalue weighted by Gasteiger charge is 2.24. The highest BCUT2D eigenvalue weighted by Crippen LogP contribution is 2.14. The molecule has 1 aliphatic rings. The summed E-state index contributed by atoms with van der Waals surface area (Å²) >= 11 is 1.50. The van der Waals surface area contributed by atoms with Crippen LogP contribution in [0.15, 0.2) is 28.1 Å². The third kappa shape index (κ3) is 3.91. The van der Waals surface area contributed by atoms with Crippen molar-refractivity contribution in [2.75, 3.05) is 18.0 Å². The number of carbonyl (C=O) groups is 1. The van der Waals surface area contributed by atoms with Crippen LogP contribution in [0.2, 0.25) is 0 Å². The third-order valence-corrected chi connectivity index (χ3v) is 4.60. The zero-order valence-corrected chi connectivity index (χ0v) is 14.3. The molecule has 0 unspecified atom stereocenters. The van der Waals surface area contributed by atoms with Crippen molar-refractivity contribution in [1.29, 1.82) is 0 Å². The van der Waals surface area contributed by atoms with Crippen molar-refractivity contribution in [1.82, 2.24) is 25.2 Å². The maximum atomic E-state index is 12.2. The van der Waals surface area contributed by atoms with Crippen LogP contribution in [0.1, 0.15) is 18.5 Å². The van der Waals surface area contributed by atoms with Crippen LogP contribution in [0.25, 0.3) is 0 Å². The summed E-state index contributed by atoms with van der Waals surface area (Å²) in [6.45, 7) is 1.76. The minimum Gasteiger partial charge on any atom is -0.350 e. The lowest BCUT2D eigenvalue weighted by atomic mass is 10.1. The molecule has 0 saturated carbocycles. The zero-order valence-electron chi connectivity index (χ0n) is 13.4. The first-order valence-corrected chi connectivity index (χ1v) is 8.76. The Morgan fingerprint density at radius 2 is 2.33 bits per heavy atom. The average Bonchev–Trinajstić information content (AvgIpc) is 3.09. The van der Waals surface area contributed by atoms with Crippen molar-refractivity contribution in [3.05, 3.63) is 39.3 Å². The molecule has 2 N–H and O–H groups in total. The van der Waals surface area contributed by atoms with Crippen molar-refractivity contribution in [2.45, 2.75) is 25.4 Å². The van der Waals surface area contributed by atoms with Crippen molar-refractivity contribution in [3.8, 4) is 0 Å². The molecule has 0 aromatic carbocycles. The van der Waals surface area contributed by atoms with Gasteiger partial charge < -0.3 is 20.1 Å². The van der Waals surface area contributed by atoms with E-state index in [1.54, 1.807) is 25.0 Å². The minimum atomic E-state index is -0.219. The molecule has 1 atom stereocenters. The van der Waals surface area contributed by atoms with E-state index in [9.17, 15) is 9.59 Å². The fourth-order valence-electron chi connectivity index (χ4n) is 2.72. The van der Waals surface area contributed by atoms with E-state index in [1.807, 2.05) is 10.3 Å². The van der Waals surface area contributed by atoms with E-state index in [2.05, 4.69) is 20.6 Å². The molecule has 0 spiro atoms. The van der Waals surface area contributed by atoms with E-state index in [0.717, 1.165) is 25.1 Å². The first kappa shape index (κ1) is 16.4. The summed E-state index contributed by atoms with van der Waals surface area (Å²) in [5.74, 6) is 0.439. The number of anilines is 1. The van der Waals surface area contributed by atoms with Gasteiger partial charge >= 0.3 is 6.03 Å². The van der Waals surface area contributed by atoms with E-state index in [-0.39, 0.29) is 17.6 Å². The smallest absolute Gasteiger partial charge is 0.315 e. The average molecular weight is 348 g/mol. The van der Waals surface area contributed by atoms with Gasteiger partial charge in [-0.25, -0.2) is 14.8 Å². The number of nitrogens with one attached hydrogen (secondary N) is 2. The lowest BCUT2D eigenvalue weighted by molar-refractivity contribution is 0.234. The molecule has 1 saturated heterocycles. The van der Waals surface area contributed by atoms with Crippen LogP contribution in [0.5, 0.6) is 0 Å². The van der Waals surface area contributed by atoms with Crippen LogP contribution in [0, 0.1) is 0 Å². The number of thiazole rings is 1. The maximum absolute atomic E-state index is 12.2. The molecule has 3 rings (SSSR count). The van der Waals surface area contributed by atoms with Gasteiger partial charge in [-0.3, -0.25) is 4.79 Å². The number of carbonyl (C=O) groups excluding carboxylic acids is 1. The van der Waals surface area contributed by atoms with E-state index in [0.29, 0.717) is 18.9 Å². The van der Waals surface area contributed by atoms with Gasteiger partial charge in [0.25, 0.3) is 5.56 Å². The molecule has 1 fully saturated rings. The Morgan fingerprint density at radius 3 is 3.12 bits per heavy atom. The molecule has 1 aliphatic heterocycles. The molecule has 2 aromatic rings. The summed E-state index contributed by atoms with van der Waals surface area (Å²) in [4.78, 5) is 34.5. The molecule has 2 amide bonds. The SMILES string of the molecule is Cn1ccnc(N2CCC[C@H](NC(=O)NCc3cscn3)C2)c1=O. The number of hydrogen-bond acceptors (Lipinski definition) is 6. The second-order valence-electron chi connectivity index (χ2n) is 5.76. The summed E-state index contributed by atoms with van der Waals surface area (Å²) in [7, 11) is 1.71. The molecule has 128 valence electrons. The van der Waals surface area contributed by atoms with Crippen LogP contribution >= 0.6 is 11.3 Å². The molecule has 2 aromatic heterocycles. The molecular weight excluding hydrogens is 328 g/mol. The van der Waals surface area contributed by atoms with E-state index in [4.69, 9.17) is 0 Å². The topological polar surface area (TPSA) is 92.2 Å². The van der Waals surface area contributed by atoms with E-state index in [1.165, 1.54) is 15.9 Å². The van der Waals surface area contributed by atoms with Gasteiger partial charge in [0.15, 0.2) is 5.82 Å². The Bertz CT molecular complexity index is 745. The Balaban J connectivity index is 1.56. The Hall–Kier alpha value is -2.42. The number of rotatable bonds is 4. The van der Waals surface area contributed by atoms with E-state index >= 15 is 0 Å². The third-order valence-electron chi connectivity index (χ3n) is 3.97. The van der Waals surface area contributed by atoms with Gasteiger partial charge in [-0.1, -0.05) is 0 Å². The highest BCUT2D eigenvalue weighted by molar-refractivity contribution is 7.07. The fourth-order valence-corrected chi connectivity index (χ4v) is 3.28. The minimum absolute atomic E-state index is 0.0131. The number of aryl methyl sites for hydroxylation is 1. The van der Waals surface area contributed by atoms with Gasteiger partial charge in [0.1, 0.15) is 0 Å². The molecule has 0 radical (unpaired) electrons. The molecule has 0 bridgehead atoms. The number of amides is 2. The summed E-state index contributed by atoms with van der Waals surface area (Å²) in [6.07, 6.45) is 5.04. The monoisotopic (exact) mass is 348 g/mol. The molecule has 3 heterocycles. The van der Waals surface area contributed by atoms with Gasteiger partial charge in [-0.2, -0.15) is 0 Å². The summed E-state index contributed by atoms with van der Waals surface area (Å²) < 4.78 is 1.51. The maximum Gasteiger partial charge on any atom is 0.315 e. The fraction of sp³-hybridized carbons (Fsp3) is 0.467. The van der Waals surface area contributed by atoms with Crippen molar-refractivity contribution < 1.29 is 4.79 Å². The van der Waals surface area contributed by atoms with Gasteiger partial charge in [0, 0.05) is 44.0 Å². The lowest BCUT2D eigenvalue weighted by Gasteiger charge is -2.33. The predicted octanol–water partition coefficient (Wildman–Crippen LogP) is 0.705. The van der Waals surface area contributed by atoms with Crippen LogP contribution in [0.3, 0.4) is 0 Å². The summed E-state index contributed by atoms with van der Waals surface area (Å²) in [6, 6.07) is -0.232. The molecular formula is C15H20N6O2S. The van der Waals surface area contributed by atoms with Gasteiger partial charge in [-0.15, -0.1) is 11.3 Å². The molecule has 9 heteroatoms. The van der Waals surface area contributed by atoms with Gasteiger partial charge in [-0.05, 0) is 12.8 Å². The number of piperidine rings is 1. The number of aromatic nitrogens is 3. The Morgan fingerprint density at radius 1 is 1.46 bits per heavy atom. The van der Waals surface area contributed by atoms with Crippen LogP contribution in [-0.4, -0.2) is 39.7 Å². The van der Waals surface area contributed by atoms with Crippen LogP contribution in [0.4, 0.5) is 10.6 Å². The highest BCUT2D eigenvalue weighted by atomic mass is 32.1. The molecule has 0 aliphatic carbocycles. The quantitative estimate of drug-likeness (QED) is 0.849. The largest absolute Gasteiger partial charge is 0.350 e. The Labute approximate surface area is 143 Å². The normalized spacial score (nSPS) is 17.5. The van der Waals surface area contributed by atoms with Gasteiger partial charge in [0.2, 0.25) is 0 Å². The van der Waals surface area contributed by atoms with Crippen molar-refractivity contribution in [3.63, 3.8) is 0 Å². The second kappa shape index (κ2) is 7.43. The van der Waals surface area contributed by atoms with E-state index < -0.39 is 0 Å². The second-order valence-corrected chi connectivity index (χ2v) is 6.48. The standard InChI is InChI=1S/C15H20N6O2S/c1-20-6-4-16-13(14(20)22)21-5-2-3-11(8-21)19-15(23)17-7-12-9-24-10-18-12/h4,6,9-11H,2-3,5,7-8H2,1H3,(H2,17,19,23)/t11-/m0/s1. The van der Waals surface area contributed by atoms with Crippen molar-refractivity contribution >= 4 is 23.2 Å². The first-order valence-electron chi connectivity index (χ1n) is 7.81. The number of hydrogen-bond donors (Lipinski definition) is 2. The predicted molar refractivity (Wildman–Crippen MR) is 92.2 cm³/mol. The lowest BCUT2D eigenvalue weighted by Crippen LogP contribution is -2.51. The van der Waals surface area contributed by atoms with Crippen molar-refractivity contribution in [2.24, 2.45) is 7.05 Å². The number of nitrogens with zero attached hydrogens (tertiary/aromatic N) is 4.